The Balaban J connectivity index is 2.05. The summed E-state index contributed by atoms with van der Waals surface area (Å²) < 4.78 is 9.81. The summed E-state index contributed by atoms with van der Waals surface area (Å²) in [5.41, 5.74) is 8.87. The number of hydrogen-bond donors (Lipinski definition) is 1. The average molecular weight is 271 g/mol. The zero-order valence-corrected chi connectivity index (χ0v) is 11.3. The van der Waals surface area contributed by atoms with Crippen LogP contribution in [0.4, 0.5) is 0 Å². The van der Waals surface area contributed by atoms with Crippen LogP contribution in [-0.4, -0.2) is 19.7 Å². The van der Waals surface area contributed by atoms with Gasteiger partial charge in [-0.25, -0.2) is 4.79 Å². The molecular formula is C16H17NO3. The first-order valence-corrected chi connectivity index (χ1v) is 6.32. The number of hydrogen-bond acceptors (Lipinski definition) is 4. The van der Waals surface area contributed by atoms with Crippen molar-refractivity contribution in [2.24, 2.45) is 5.73 Å². The predicted octanol–water partition coefficient (Wildman–Crippen LogP) is 2.36. The van der Waals surface area contributed by atoms with Gasteiger partial charge in [-0.2, -0.15) is 0 Å². The Morgan fingerprint density at radius 2 is 1.55 bits per heavy atom. The number of rotatable bonds is 5. The third-order valence-corrected chi connectivity index (χ3v) is 2.96. The van der Waals surface area contributed by atoms with Gasteiger partial charge in [0.1, 0.15) is 5.75 Å². The number of ether oxygens (including phenoxy) is 2. The van der Waals surface area contributed by atoms with Gasteiger partial charge < -0.3 is 15.2 Å². The summed E-state index contributed by atoms with van der Waals surface area (Å²) in [6.45, 7) is 0.460. The van der Waals surface area contributed by atoms with Crippen molar-refractivity contribution in [1.82, 2.24) is 0 Å². The molecule has 104 valence electrons. The van der Waals surface area contributed by atoms with Crippen molar-refractivity contribution in [3.8, 4) is 16.9 Å². The summed E-state index contributed by atoms with van der Waals surface area (Å²) in [5.74, 6) is 0.240. The van der Waals surface area contributed by atoms with Gasteiger partial charge in [-0.3, -0.25) is 0 Å². The molecule has 0 spiro atoms. The molecule has 0 aliphatic heterocycles. The molecule has 0 atom stereocenters. The second-order valence-corrected chi connectivity index (χ2v) is 4.29. The summed E-state index contributed by atoms with van der Waals surface area (Å²) in [6, 6.07) is 15.6. The molecule has 0 amide bonds. The van der Waals surface area contributed by atoms with Crippen LogP contribution in [0.2, 0.25) is 0 Å². The molecule has 0 aliphatic carbocycles. The number of carbonyl (C=O) groups is 1. The first-order chi connectivity index (χ1) is 9.72. The van der Waals surface area contributed by atoms with E-state index in [0.717, 1.165) is 16.7 Å². The first kappa shape index (κ1) is 14.1. The van der Waals surface area contributed by atoms with Crippen LogP contribution in [0.3, 0.4) is 0 Å². The highest BCUT2D eigenvalue weighted by Gasteiger charge is 2.02. The van der Waals surface area contributed by atoms with E-state index in [1.807, 2.05) is 48.5 Å². The minimum absolute atomic E-state index is 0.0823. The van der Waals surface area contributed by atoms with Crippen molar-refractivity contribution in [1.29, 1.82) is 0 Å². The van der Waals surface area contributed by atoms with Crippen LogP contribution in [0.25, 0.3) is 11.1 Å². The molecule has 0 heterocycles. The molecule has 4 nitrogen and oxygen atoms in total. The van der Waals surface area contributed by atoms with E-state index in [0.29, 0.717) is 12.3 Å². The number of benzene rings is 2. The summed E-state index contributed by atoms with van der Waals surface area (Å²) in [4.78, 5) is 11.0. The Morgan fingerprint density at radius 1 is 1.00 bits per heavy atom. The maximum absolute atomic E-state index is 11.0. The molecule has 0 aromatic heterocycles. The van der Waals surface area contributed by atoms with Crippen LogP contribution in [0.1, 0.15) is 5.56 Å². The molecule has 0 fully saturated rings. The number of nitrogens with two attached hydrogens (primary N) is 1. The van der Waals surface area contributed by atoms with E-state index in [1.54, 1.807) is 0 Å². The Morgan fingerprint density at radius 3 is 2.05 bits per heavy atom. The molecule has 2 rings (SSSR count). The maximum Gasteiger partial charge on any atom is 0.343 e. The monoisotopic (exact) mass is 271 g/mol. The number of methoxy groups -OCH3 is 1. The minimum Gasteiger partial charge on any atom is -0.482 e. The van der Waals surface area contributed by atoms with Gasteiger partial charge in [0, 0.05) is 6.54 Å². The van der Waals surface area contributed by atoms with Gasteiger partial charge in [-0.1, -0.05) is 36.4 Å². The van der Waals surface area contributed by atoms with Gasteiger partial charge in [0.05, 0.1) is 7.11 Å². The summed E-state index contributed by atoms with van der Waals surface area (Å²) >= 11 is 0. The smallest absolute Gasteiger partial charge is 0.343 e. The van der Waals surface area contributed by atoms with Crippen molar-refractivity contribution in [2.45, 2.75) is 6.54 Å². The molecule has 0 bridgehead atoms. The molecule has 20 heavy (non-hydrogen) atoms. The van der Waals surface area contributed by atoms with Crippen LogP contribution in [0, 0.1) is 0 Å². The van der Waals surface area contributed by atoms with E-state index in [9.17, 15) is 4.79 Å². The zero-order chi connectivity index (χ0) is 14.4. The minimum atomic E-state index is -0.397. The fourth-order valence-corrected chi connectivity index (χ4v) is 1.78. The van der Waals surface area contributed by atoms with Crippen LogP contribution in [0.15, 0.2) is 48.5 Å². The van der Waals surface area contributed by atoms with Crippen LogP contribution < -0.4 is 10.5 Å². The van der Waals surface area contributed by atoms with E-state index >= 15 is 0 Å². The Hall–Kier alpha value is -2.33. The lowest BCUT2D eigenvalue weighted by Gasteiger charge is -2.07. The van der Waals surface area contributed by atoms with Crippen LogP contribution >= 0.6 is 0 Å². The molecule has 2 aromatic rings. The van der Waals surface area contributed by atoms with Crippen molar-refractivity contribution in [3.05, 3.63) is 54.1 Å². The Labute approximate surface area is 118 Å². The molecular weight excluding hydrogens is 254 g/mol. The highest BCUT2D eigenvalue weighted by molar-refractivity contribution is 5.71. The van der Waals surface area contributed by atoms with Gasteiger partial charge in [0.25, 0.3) is 0 Å². The largest absolute Gasteiger partial charge is 0.482 e. The second-order valence-electron chi connectivity index (χ2n) is 4.29. The van der Waals surface area contributed by atoms with Gasteiger partial charge in [0.2, 0.25) is 0 Å². The van der Waals surface area contributed by atoms with Crippen molar-refractivity contribution in [2.75, 3.05) is 13.7 Å². The van der Waals surface area contributed by atoms with Crippen LogP contribution in [0.5, 0.6) is 5.75 Å². The third kappa shape index (κ3) is 3.59. The third-order valence-electron chi connectivity index (χ3n) is 2.96. The Bertz CT molecular complexity index is 561. The normalized spacial score (nSPS) is 10.1. The van der Waals surface area contributed by atoms with Gasteiger partial charge in [-0.15, -0.1) is 0 Å². The number of carbonyl (C=O) groups excluding carboxylic acids is 1. The lowest BCUT2D eigenvalue weighted by molar-refractivity contribution is -0.142. The first-order valence-electron chi connectivity index (χ1n) is 6.32. The maximum atomic E-state index is 11.0. The van der Waals surface area contributed by atoms with E-state index in [4.69, 9.17) is 10.5 Å². The molecule has 4 heteroatoms. The quantitative estimate of drug-likeness (QED) is 0.848. The summed E-state index contributed by atoms with van der Waals surface area (Å²) in [5, 5.41) is 0. The lowest BCUT2D eigenvalue weighted by Crippen LogP contribution is -2.12. The van der Waals surface area contributed by atoms with Gasteiger partial charge in [-0.05, 0) is 28.8 Å². The Kier molecular flexibility index (Phi) is 4.74. The standard InChI is InChI=1S/C16H17NO3/c1-19-16(18)11-20-15-8-6-14(7-9-15)13-4-2-12(10-17)3-5-13/h2-9H,10-11,17H2,1H3. The molecule has 0 radical (unpaired) electrons. The molecule has 0 saturated carbocycles. The molecule has 0 unspecified atom stereocenters. The van der Waals surface area contributed by atoms with Crippen molar-refractivity contribution >= 4 is 5.97 Å². The highest BCUT2D eigenvalue weighted by Crippen LogP contribution is 2.22. The van der Waals surface area contributed by atoms with Gasteiger partial charge in [0.15, 0.2) is 6.61 Å². The summed E-state index contributed by atoms with van der Waals surface area (Å²) in [6.07, 6.45) is 0. The van der Waals surface area contributed by atoms with E-state index in [-0.39, 0.29) is 6.61 Å². The van der Waals surface area contributed by atoms with E-state index < -0.39 is 5.97 Å². The van der Waals surface area contributed by atoms with Crippen LogP contribution in [-0.2, 0) is 16.1 Å². The predicted molar refractivity (Wildman–Crippen MR) is 77.3 cm³/mol. The molecule has 0 saturated heterocycles. The van der Waals surface area contributed by atoms with Crippen molar-refractivity contribution < 1.29 is 14.3 Å². The second kappa shape index (κ2) is 6.73. The average Bonchev–Trinajstić information content (AvgIpc) is 2.53. The summed E-state index contributed by atoms with van der Waals surface area (Å²) in [7, 11) is 1.33. The lowest BCUT2D eigenvalue weighted by atomic mass is 10.0. The van der Waals surface area contributed by atoms with Gasteiger partial charge >= 0.3 is 5.97 Å². The fourth-order valence-electron chi connectivity index (χ4n) is 1.78. The topological polar surface area (TPSA) is 61.5 Å². The fraction of sp³-hybridized carbons (Fsp3) is 0.188. The van der Waals surface area contributed by atoms with E-state index in [1.165, 1.54) is 7.11 Å². The molecule has 2 aromatic carbocycles. The molecule has 2 N–H and O–H groups in total. The van der Waals surface area contributed by atoms with E-state index in [2.05, 4.69) is 4.74 Å². The SMILES string of the molecule is COC(=O)COc1ccc(-c2ccc(CN)cc2)cc1. The molecule has 0 aliphatic rings. The van der Waals surface area contributed by atoms with Crippen molar-refractivity contribution in [3.63, 3.8) is 0 Å². The highest BCUT2D eigenvalue weighted by atomic mass is 16.6. The number of esters is 1. The zero-order valence-electron chi connectivity index (χ0n) is 11.3.